The van der Waals surface area contributed by atoms with Crippen molar-refractivity contribution in [1.82, 2.24) is 14.5 Å². The second-order valence-corrected chi connectivity index (χ2v) is 8.27. The van der Waals surface area contributed by atoms with Crippen molar-refractivity contribution in [2.75, 3.05) is 13.2 Å². The summed E-state index contributed by atoms with van der Waals surface area (Å²) in [5.74, 6) is 2.47. The number of hydrogen-bond acceptors (Lipinski definition) is 3. The third kappa shape index (κ3) is 4.07. The van der Waals surface area contributed by atoms with Crippen LogP contribution in [-0.4, -0.2) is 33.5 Å². The molecule has 0 radical (unpaired) electrons. The molecule has 0 N–H and O–H groups in total. The average molecular weight is 406 g/mol. The van der Waals surface area contributed by atoms with E-state index in [4.69, 9.17) is 9.72 Å². The van der Waals surface area contributed by atoms with Gasteiger partial charge < -0.3 is 14.2 Å². The molecule has 1 amide bonds. The molecule has 2 heterocycles. The molecule has 0 spiro atoms. The Hall–Kier alpha value is -2.82. The predicted octanol–water partition coefficient (Wildman–Crippen LogP) is 5.31. The summed E-state index contributed by atoms with van der Waals surface area (Å²) in [6.07, 6.45) is 2.36. The number of rotatable bonds is 7. The van der Waals surface area contributed by atoms with Gasteiger partial charge in [0.2, 0.25) is 5.91 Å². The number of carbonyl (C=O) groups is 1. The van der Waals surface area contributed by atoms with Crippen molar-refractivity contribution in [1.29, 1.82) is 0 Å². The second-order valence-electron chi connectivity index (χ2n) is 8.27. The van der Waals surface area contributed by atoms with Gasteiger partial charge in [-0.3, -0.25) is 4.79 Å². The Kier molecular flexibility index (Phi) is 6.07. The van der Waals surface area contributed by atoms with Crippen molar-refractivity contribution in [3.8, 4) is 5.75 Å². The normalized spacial score (nSPS) is 16.5. The van der Waals surface area contributed by atoms with Gasteiger partial charge in [0.05, 0.1) is 30.1 Å². The number of imidazole rings is 1. The SMILES string of the molecule is CCn1c(C2CCCN2C(=O)CCOc2ccc(C(C)C)cc2)nc2ccccc21. The first-order valence-corrected chi connectivity index (χ1v) is 11.1. The summed E-state index contributed by atoms with van der Waals surface area (Å²) in [7, 11) is 0. The highest BCUT2D eigenvalue weighted by Crippen LogP contribution is 2.34. The van der Waals surface area contributed by atoms with Crippen LogP contribution in [0.4, 0.5) is 0 Å². The molecule has 0 saturated carbocycles. The molecular formula is C25H31N3O2. The largest absolute Gasteiger partial charge is 0.493 e. The Bertz CT molecular complexity index is 1010. The molecule has 4 rings (SSSR count). The van der Waals surface area contributed by atoms with Crippen LogP contribution in [0.15, 0.2) is 48.5 Å². The minimum atomic E-state index is 0.0511. The third-order valence-electron chi connectivity index (χ3n) is 6.00. The maximum absolute atomic E-state index is 13.0. The quantitative estimate of drug-likeness (QED) is 0.535. The fourth-order valence-electron chi connectivity index (χ4n) is 4.36. The monoisotopic (exact) mass is 405 g/mol. The summed E-state index contributed by atoms with van der Waals surface area (Å²) in [5, 5.41) is 0. The van der Waals surface area contributed by atoms with Crippen LogP contribution in [0.1, 0.15) is 63.4 Å². The summed E-state index contributed by atoms with van der Waals surface area (Å²) < 4.78 is 8.08. The fourth-order valence-corrected chi connectivity index (χ4v) is 4.36. The number of aryl methyl sites for hydroxylation is 1. The molecule has 1 unspecified atom stereocenters. The van der Waals surface area contributed by atoms with Crippen LogP contribution < -0.4 is 4.74 Å². The van der Waals surface area contributed by atoms with Crippen LogP contribution in [0.5, 0.6) is 5.75 Å². The zero-order valence-corrected chi connectivity index (χ0v) is 18.2. The van der Waals surface area contributed by atoms with Crippen molar-refractivity contribution in [2.45, 2.75) is 58.5 Å². The molecule has 1 aliphatic rings. The van der Waals surface area contributed by atoms with Gasteiger partial charge in [-0.15, -0.1) is 0 Å². The average Bonchev–Trinajstić information content (AvgIpc) is 3.38. The van der Waals surface area contributed by atoms with Gasteiger partial charge in [-0.2, -0.15) is 0 Å². The lowest BCUT2D eigenvalue weighted by atomic mass is 10.0. The predicted molar refractivity (Wildman–Crippen MR) is 120 cm³/mol. The highest BCUT2D eigenvalue weighted by Gasteiger charge is 2.33. The molecule has 2 aromatic carbocycles. The van der Waals surface area contributed by atoms with Crippen molar-refractivity contribution in [2.24, 2.45) is 0 Å². The summed E-state index contributed by atoms with van der Waals surface area (Å²) in [5.41, 5.74) is 3.43. The van der Waals surface area contributed by atoms with Gasteiger partial charge in [-0.05, 0) is 55.5 Å². The van der Waals surface area contributed by atoms with E-state index < -0.39 is 0 Å². The van der Waals surface area contributed by atoms with Gasteiger partial charge in [-0.1, -0.05) is 38.1 Å². The molecule has 1 atom stereocenters. The van der Waals surface area contributed by atoms with E-state index >= 15 is 0 Å². The Labute approximate surface area is 178 Å². The first-order valence-electron chi connectivity index (χ1n) is 11.1. The minimum absolute atomic E-state index is 0.0511. The van der Waals surface area contributed by atoms with Gasteiger partial charge >= 0.3 is 0 Å². The number of carbonyl (C=O) groups excluding carboxylic acids is 1. The minimum Gasteiger partial charge on any atom is -0.493 e. The van der Waals surface area contributed by atoms with E-state index in [0.29, 0.717) is 18.9 Å². The Morgan fingerprint density at radius 2 is 1.93 bits per heavy atom. The summed E-state index contributed by atoms with van der Waals surface area (Å²) in [6, 6.07) is 16.4. The summed E-state index contributed by atoms with van der Waals surface area (Å²) in [6.45, 7) is 8.52. The molecule has 3 aromatic rings. The third-order valence-corrected chi connectivity index (χ3v) is 6.00. The molecule has 30 heavy (non-hydrogen) atoms. The maximum atomic E-state index is 13.0. The van der Waals surface area contributed by atoms with Crippen LogP contribution in [0.25, 0.3) is 11.0 Å². The highest BCUT2D eigenvalue weighted by atomic mass is 16.5. The van der Waals surface area contributed by atoms with Gasteiger partial charge in [0.25, 0.3) is 0 Å². The zero-order valence-electron chi connectivity index (χ0n) is 18.2. The number of nitrogens with zero attached hydrogens (tertiary/aromatic N) is 3. The first kappa shape index (κ1) is 20.5. The van der Waals surface area contributed by atoms with Gasteiger partial charge in [0, 0.05) is 13.1 Å². The van der Waals surface area contributed by atoms with Crippen molar-refractivity contribution < 1.29 is 9.53 Å². The van der Waals surface area contributed by atoms with Crippen molar-refractivity contribution in [3.05, 3.63) is 59.9 Å². The molecule has 5 heteroatoms. The number of fused-ring (bicyclic) bond motifs is 1. The van der Waals surface area contributed by atoms with Crippen LogP contribution in [0.3, 0.4) is 0 Å². The van der Waals surface area contributed by atoms with E-state index in [9.17, 15) is 4.79 Å². The van der Waals surface area contributed by atoms with Crippen molar-refractivity contribution >= 4 is 16.9 Å². The molecule has 158 valence electrons. The Morgan fingerprint density at radius 3 is 2.67 bits per heavy atom. The van der Waals surface area contributed by atoms with Crippen LogP contribution in [0.2, 0.25) is 0 Å². The molecule has 0 aliphatic carbocycles. The van der Waals surface area contributed by atoms with E-state index in [1.165, 1.54) is 5.56 Å². The Balaban J connectivity index is 1.41. The Morgan fingerprint density at radius 1 is 1.17 bits per heavy atom. The topological polar surface area (TPSA) is 47.4 Å². The van der Waals surface area contributed by atoms with E-state index in [-0.39, 0.29) is 11.9 Å². The molecule has 1 aliphatic heterocycles. The number of para-hydroxylation sites is 2. The summed E-state index contributed by atoms with van der Waals surface area (Å²) in [4.78, 5) is 19.9. The molecule has 1 saturated heterocycles. The maximum Gasteiger partial charge on any atom is 0.226 e. The number of hydrogen-bond donors (Lipinski definition) is 0. The number of benzene rings is 2. The molecule has 1 fully saturated rings. The van der Waals surface area contributed by atoms with Crippen molar-refractivity contribution in [3.63, 3.8) is 0 Å². The molecule has 0 bridgehead atoms. The number of likely N-dealkylation sites (tertiary alicyclic amines) is 1. The van der Waals surface area contributed by atoms with Crippen LogP contribution in [-0.2, 0) is 11.3 Å². The lowest BCUT2D eigenvalue weighted by Crippen LogP contribution is -2.32. The second kappa shape index (κ2) is 8.90. The van der Waals surface area contributed by atoms with E-state index in [1.54, 1.807) is 0 Å². The van der Waals surface area contributed by atoms with Gasteiger partial charge in [-0.25, -0.2) is 4.98 Å². The standard InChI is InChI=1S/C25H31N3O2/c1-4-27-22-9-6-5-8-21(22)26-25(27)23-10-7-16-28(23)24(29)15-17-30-20-13-11-19(12-14-20)18(2)3/h5-6,8-9,11-14,18,23H,4,7,10,15-17H2,1-3H3. The molecular weight excluding hydrogens is 374 g/mol. The number of ether oxygens (including phenoxy) is 1. The van der Waals surface area contributed by atoms with Crippen LogP contribution in [0, 0.1) is 0 Å². The lowest BCUT2D eigenvalue weighted by Gasteiger charge is -2.25. The van der Waals surface area contributed by atoms with E-state index in [1.807, 2.05) is 35.2 Å². The lowest BCUT2D eigenvalue weighted by molar-refractivity contribution is -0.132. The van der Waals surface area contributed by atoms with E-state index in [2.05, 4.69) is 43.5 Å². The van der Waals surface area contributed by atoms with Gasteiger partial charge in [0.1, 0.15) is 11.6 Å². The number of amides is 1. The van der Waals surface area contributed by atoms with Gasteiger partial charge in [0.15, 0.2) is 0 Å². The summed E-state index contributed by atoms with van der Waals surface area (Å²) >= 11 is 0. The molecule has 5 nitrogen and oxygen atoms in total. The molecule has 1 aromatic heterocycles. The fraction of sp³-hybridized carbons (Fsp3) is 0.440. The van der Waals surface area contributed by atoms with Crippen LogP contribution >= 0.6 is 0 Å². The zero-order chi connectivity index (χ0) is 21.1. The first-order chi connectivity index (χ1) is 14.6. The highest BCUT2D eigenvalue weighted by molar-refractivity contribution is 5.78. The number of aromatic nitrogens is 2. The van der Waals surface area contributed by atoms with E-state index in [0.717, 1.165) is 48.5 Å². The smallest absolute Gasteiger partial charge is 0.226 e.